The molecule has 3 heterocycles. The minimum absolute atomic E-state index is 0.00878. The Hall–Kier alpha value is -2.01. The van der Waals surface area contributed by atoms with Gasteiger partial charge in [-0.3, -0.25) is 14.7 Å². The van der Waals surface area contributed by atoms with E-state index in [2.05, 4.69) is 15.0 Å². The van der Waals surface area contributed by atoms with E-state index < -0.39 is 0 Å². The van der Waals surface area contributed by atoms with E-state index in [0.29, 0.717) is 12.6 Å². The Kier molecular flexibility index (Phi) is 4.92. The Morgan fingerprint density at radius 1 is 0.960 bits per heavy atom. The smallest absolute Gasteiger partial charge is 0.266 e. The SMILES string of the molecule is O=c1ccc(-c2ccncc2)nn1CC1CCCN1CC1CCCC1. The lowest BCUT2D eigenvalue weighted by molar-refractivity contribution is 0.193. The lowest BCUT2D eigenvalue weighted by atomic mass is 10.1. The van der Waals surface area contributed by atoms with Crippen LogP contribution in [0.1, 0.15) is 38.5 Å². The second-order valence-corrected chi connectivity index (χ2v) is 7.42. The van der Waals surface area contributed by atoms with Crippen LogP contribution in [0.3, 0.4) is 0 Å². The van der Waals surface area contributed by atoms with Crippen molar-refractivity contribution in [2.75, 3.05) is 13.1 Å². The second kappa shape index (κ2) is 7.48. The Morgan fingerprint density at radius 3 is 2.56 bits per heavy atom. The zero-order valence-corrected chi connectivity index (χ0v) is 14.7. The molecule has 0 spiro atoms. The van der Waals surface area contributed by atoms with Crippen LogP contribution in [0.5, 0.6) is 0 Å². The summed E-state index contributed by atoms with van der Waals surface area (Å²) in [6, 6.07) is 7.74. The standard InChI is InChI=1S/C20H26N4O/c25-20-8-7-19(17-9-11-21-12-10-17)22-24(20)15-18-6-3-13-23(18)14-16-4-1-2-5-16/h7-12,16,18H,1-6,13-15H2. The van der Waals surface area contributed by atoms with E-state index >= 15 is 0 Å². The van der Waals surface area contributed by atoms with Crippen LogP contribution in [0, 0.1) is 5.92 Å². The predicted octanol–water partition coefficient (Wildman–Crippen LogP) is 2.96. The topological polar surface area (TPSA) is 51.0 Å². The van der Waals surface area contributed by atoms with Gasteiger partial charge in [-0.15, -0.1) is 0 Å². The molecule has 1 saturated carbocycles. The van der Waals surface area contributed by atoms with E-state index in [1.165, 1.54) is 51.6 Å². The van der Waals surface area contributed by atoms with Crippen LogP contribution in [0.4, 0.5) is 0 Å². The lowest BCUT2D eigenvalue weighted by Gasteiger charge is -2.27. The van der Waals surface area contributed by atoms with Crippen molar-refractivity contribution in [1.82, 2.24) is 19.7 Å². The number of hydrogen-bond donors (Lipinski definition) is 0. The summed E-state index contributed by atoms with van der Waals surface area (Å²) in [6.45, 7) is 3.06. The van der Waals surface area contributed by atoms with Gasteiger partial charge in [-0.25, -0.2) is 4.68 Å². The molecule has 1 atom stereocenters. The van der Waals surface area contributed by atoms with Crippen LogP contribution in [0.15, 0.2) is 41.5 Å². The Bertz CT molecular complexity index is 752. The minimum atomic E-state index is -0.00878. The van der Waals surface area contributed by atoms with Crippen molar-refractivity contribution in [2.24, 2.45) is 5.92 Å². The molecule has 1 unspecified atom stereocenters. The third kappa shape index (κ3) is 3.82. The molecule has 0 N–H and O–H groups in total. The third-order valence-electron chi connectivity index (χ3n) is 5.69. The van der Waals surface area contributed by atoms with Gasteiger partial charge in [0.25, 0.3) is 5.56 Å². The fourth-order valence-electron chi connectivity index (χ4n) is 4.32. The highest BCUT2D eigenvalue weighted by Gasteiger charge is 2.28. The molecule has 25 heavy (non-hydrogen) atoms. The summed E-state index contributed by atoms with van der Waals surface area (Å²) < 4.78 is 1.66. The molecule has 1 aliphatic carbocycles. The van der Waals surface area contributed by atoms with Gasteiger partial charge >= 0.3 is 0 Å². The fourth-order valence-corrected chi connectivity index (χ4v) is 4.32. The van der Waals surface area contributed by atoms with Crippen molar-refractivity contribution in [2.45, 2.75) is 51.1 Å². The number of nitrogens with zero attached hydrogens (tertiary/aromatic N) is 4. The first-order chi connectivity index (χ1) is 12.3. The molecule has 2 aromatic rings. The molecule has 1 aliphatic heterocycles. The molecular weight excluding hydrogens is 312 g/mol. The van der Waals surface area contributed by atoms with Crippen molar-refractivity contribution in [3.63, 3.8) is 0 Å². The molecule has 132 valence electrons. The van der Waals surface area contributed by atoms with Crippen LogP contribution >= 0.6 is 0 Å². The van der Waals surface area contributed by atoms with E-state index in [1.807, 2.05) is 12.1 Å². The largest absolute Gasteiger partial charge is 0.298 e. The normalized spacial score (nSPS) is 21.8. The van der Waals surface area contributed by atoms with E-state index in [9.17, 15) is 4.79 Å². The number of pyridine rings is 1. The maximum atomic E-state index is 12.3. The van der Waals surface area contributed by atoms with E-state index in [1.54, 1.807) is 29.2 Å². The van der Waals surface area contributed by atoms with Gasteiger partial charge in [0.05, 0.1) is 12.2 Å². The summed E-state index contributed by atoms with van der Waals surface area (Å²) in [7, 11) is 0. The Balaban J connectivity index is 1.50. The van der Waals surface area contributed by atoms with Crippen LogP contribution in [-0.4, -0.2) is 38.8 Å². The fraction of sp³-hybridized carbons (Fsp3) is 0.550. The van der Waals surface area contributed by atoms with Crippen LogP contribution < -0.4 is 5.56 Å². The van der Waals surface area contributed by atoms with Crippen molar-refractivity contribution in [3.8, 4) is 11.3 Å². The molecular formula is C20H26N4O. The van der Waals surface area contributed by atoms with Gasteiger partial charge < -0.3 is 0 Å². The first-order valence-electron chi connectivity index (χ1n) is 9.52. The predicted molar refractivity (Wildman–Crippen MR) is 98.3 cm³/mol. The minimum Gasteiger partial charge on any atom is -0.298 e. The van der Waals surface area contributed by atoms with Gasteiger partial charge in [-0.2, -0.15) is 5.10 Å². The second-order valence-electron chi connectivity index (χ2n) is 7.42. The third-order valence-corrected chi connectivity index (χ3v) is 5.69. The van der Waals surface area contributed by atoms with Gasteiger partial charge in [0.15, 0.2) is 0 Å². The average molecular weight is 338 g/mol. The molecule has 4 rings (SSSR count). The molecule has 5 heteroatoms. The molecule has 0 amide bonds. The van der Waals surface area contributed by atoms with Crippen molar-refractivity contribution < 1.29 is 0 Å². The first-order valence-corrected chi connectivity index (χ1v) is 9.52. The summed E-state index contributed by atoms with van der Waals surface area (Å²) in [6.07, 6.45) is 11.4. The van der Waals surface area contributed by atoms with Crippen LogP contribution in [0.2, 0.25) is 0 Å². The Morgan fingerprint density at radius 2 is 1.76 bits per heavy atom. The number of rotatable bonds is 5. The van der Waals surface area contributed by atoms with E-state index in [0.717, 1.165) is 17.2 Å². The summed E-state index contributed by atoms with van der Waals surface area (Å²) >= 11 is 0. The van der Waals surface area contributed by atoms with Crippen molar-refractivity contribution in [1.29, 1.82) is 0 Å². The van der Waals surface area contributed by atoms with E-state index in [4.69, 9.17) is 0 Å². The molecule has 2 aliphatic rings. The molecule has 2 aromatic heterocycles. The highest BCUT2D eigenvalue weighted by atomic mass is 16.1. The highest BCUT2D eigenvalue weighted by Crippen LogP contribution is 2.28. The quantitative estimate of drug-likeness (QED) is 0.841. The van der Waals surface area contributed by atoms with Crippen molar-refractivity contribution >= 4 is 0 Å². The van der Waals surface area contributed by atoms with Crippen LogP contribution in [-0.2, 0) is 6.54 Å². The summed E-state index contributed by atoms with van der Waals surface area (Å²) in [5.41, 5.74) is 1.82. The zero-order chi connectivity index (χ0) is 17.1. The molecule has 0 radical (unpaired) electrons. The lowest BCUT2D eigenvalue weighted by Crippen LogP contribution is -2.39. The highest BCUT2D eigenvalue weighted by molar-refractivity contribution is 5.56. The summed E-state index contributed by atoms with van der Waals surface area (Å²) in [5.74, 6) is 0.855. The van der Waals surface area contributed by atoms with Crippen LogP contribution in [0.25, 0.3) is 11.3 Å². The van der Waals surface area contributed by atoms with Gasteiger partial charge in [-0.1, -0.05) is 12.8 Å². The summed E-state index contributed by atoms with van der Waals surface area (Å²) in [5, 5.41) is 4.62. The zero-order valence-electron chi connectivity index (χ0n) is 14.7. The molecule has 1 saturated heterocycles. The van der Waals surface area contributed by atoms with Crippen molar-refractivity contribution in [3.05, 3.63) is 47.0 Å². The van der Waals surface area contributed by atoms with E-state index in [-0.39, 0.29) is 5.56 Å². The number of aromatic nitrogens is 3. The molecule has 0 aromatic carbocycles. The molecule has 2 fully saturated rings. The summed E-state index contributed by atoms with van der Waals surface area (Å²) in [4.78, 5) is 19.0. The maximum Gasteiger partial charge on any atom is 0.266 e. The maximum absolute atomic E-state index is 12.3. The first kappa shape index (κ1) is 16.5. The number of hydrogen-bond acceptors (Lipinski definition) is 4. The number of likely N-dealkylation sites (tertiary alicyclic amines) is 1. The van der Waals surface area contributed by atoms with Gasteiger partial charge in [-0.05, 0) is 56.3 Å². The Labute approximate surface area is 148 Å². The van der Waals surface area contributed by atoms with Gasteiger partial charge in [0, 0.05) is 36.6 Å². The van der Waals surface area contributed by atoms with Gasteiger partial charge in [0.2, 0.25) is 0 Å². The molecule has 0 bridgehead atoms. The monoisotopic (exact) mass is 338 g/mol. The molecule has 5 nitrogen and oxygen atoms in total. The average Bonchev–Trinajstić information content (AvgIpc) is 3.31. The van der Waals surface area contributed by atoms with Gasteiger partial charge in [0.1, 0.15) is 0 Å².